The monoisotopic (exact) mass is 299 g/mol. The average molecular weight is 300 g/mol. The fourth-order valence-corrected chi connectivity index (χ4v) is 3.75. The molecule has 0 saturated carbocycles. The van der Waals surface area contributed by atoms with Crippen molar-refractivity contribution >= 4 is 8.32 Å². The number of hydrogen-bond acceptors (Lipinski definition) is 3. The fourth-order valence-electron chi connectivity index (χ4n) is 2.70. The summed E-state index contributed by atoms with van der Waals surface area (Å²) in [6, 6.07) is 0. The van der Waals surface area contributed by atoms with Crippen molar-refractivity contribution < 1.29 is 9.63 Å². The average Bonchev–Trinajstić information content (AvgIpc) is 2.27. The molecule has 1 fully saturated rings. The van der Waals surface area contributed by atoms with Crippen LogP contribution in [0.1, 0.15) is 46.5 Å². The topological polar surface area (TPSA) is 32.7 Å². The zero-order valence-electron chi connectivity index (χ0n) is 14.0. The predicted octanol–water partition coefficient (Wildman–Crippen LogP) is 4.45. The first-order valence-corrected chi connectivity index (χ1v) is 10.7. The van der Waals surface area contributed by atoms with Crippen LogP contribution in [0.15, 0.2) is 12.7 Å². The molecule has 0 aromatic heterocycles. The van der Waals surface area contributed by atoms with Gasteiger partial charge in [-0.1, -0.05) is 26.8 Å². The van der Waals surface area contributed by atoms with E-state index in [1.807, 2.05) is 6.08 Å². The maximum atomic E-state index is 9.83. The van der Waals surface area contributed by atoms with Gasteiger partial charge in [-0.15, -0.1) is 6.58 Å². The Morgan fingerprint density at radius 3 is 2.55 bits per heavy atom. The largest absolute Gasteiger partial charge is 0.417 e. The molecule has 3 nitrogen and oxygen atoms in total. The molecule has 1 aliphatic rings. The minimum atomic E-state index is -1.66. The molecule has 1 heterocycles. The van der Waals surface area contributed by atoms with Crippen LogP contribution in [0.25, 0.3) is 0 Å². The molecule has 1 atom stereocenters. The second-order valence-electron chi connectivity index (χ2n) is 7.84. The first-order valence-electron chi connectivity index (χ1n) is 7.81. The molecule has 0 amide bonds. The Kier molecular flexibility index (Phi) is 6.02. The Morgan fingerprint density at radius 1 is 1.40 bits per heavy atom. The van der Waals surface area contributed by atoms with E-state index in [4.69, 9.17) is 4.43 Å². The van der Waals surface area contributed by atoms with E-state index in [1.165, 1.54) is 5.06 Å². The number of rotatable bonds is 6. The molecule has 1 rings (SSSR count). The van der Waals surface area contributed by atoms with Crippen LogP contribution in [0, 0.1) is 5.41 Å². The van der Waals surface area contributed by atoms with Crippen molar-refractivity contribution in [3.63, 3.8) is 0 Å². The van der Waals surface area contributed by atoms with Crippen LogP contribution >= 0.6 is 0 Å². The zero-order valence-corrected chi connectivity index (χ0v) is 15.0. The summed E-state index contributed by atoms with van der Waals surface area (Å²) < 4.78 is 6.31. The Hall–Kier alpha value is -0.163. The minimum Gasteiger partial charge on any atom is -0.417 e. The van der Waals surface area contributed by atoms with Gasteiger partial charge in [0.15, 0.2) is 8.32 Å². The SMILES string of the molecule is C=CC[C@]1(CCO[Si](C)(C)C(C)(C)C)CCCN(O)C1. The Bertz CT molecular complexity index is 325. The molecule has 0 bridgehead atoms. The van der Waals surface area contributed by atoms with Gasteiger partial charge in [-0.3, -0.25) is 0 Å². The minimum absolute atomic E-state index is 0.150. The van der Waals surface area contributed by atoms with E-state index < -0.39 is 8.32 Å². The van der Waals surface area contributed by atoms with Gasteiger partial charge < -0.3 is 9.63 Å². The number of hydroxylamine groups is 2. The lowest BCUT2D eigenvalue weighted by atomic mass is 9.75. The van der Waals surface area contributed by atoms with Gasteiger partial charge in [-0.05, 0) is 49.2 Å². The molecule has 0 aliphatic carbocycles. The fraction of sp³-hybridized carbons (Fsp3) is 0.875. The lowest BCUT2D eigenvalue weighted by Crippen LogP contribution is -2.44. The van der Waals surface area contributed by atoms with Gasteiger partial charge in [-0.2, -0.15) is 5.06 Å². The highest BCUT2D eigenvalue weighted by atomic mass is 28.4. The van der Waals surface area contributed by atoms with Crippen LogP contribution in [0.5, 0.6) is 0 Å². The van der Waals surface area contributed by atoms with Gasteiger partial charge in [-0.25, -0.2) is 0 Å². The summed E-state index contributed by atoms with van der Waals surface area (Å²) in [4.78, 5) is 0. The molecule has 0 aromatic carbocycles. The number of allylic oxidation sites excluding steroid dienone is 1. The van der Waals surface area contributed by atoms with Gasteiger partial charge >= 0.3 is 0 Å². The summed E-state index contributed by atoms with van der Waals surface area (Å²) in [5, 5.41) is 11.6. The summed E-state index contributed by atoms with van der Waals surface area (Å²) in [6.45, 7) is 17.6. The molecular formula is C16H33NO2Si. The van der Waals surface area contributed by atoms with Crippen LogP contribution < -0.4 is 0 Å². The third kappa shape index (κ3) is 4.69. The smallest absolute Gasteiger partial charge is 0.191 e. The molecule has 20 heavy (non-hydrogen) atoms. The van der Waals surface area contributed by atoms with Crippen molar-refractivity contribution in [3.05, 3.63) is 12.7 Å². The van der Waals surface area contributed by atoms with E-state index in [1.54, 1.807) is 0 Å². The molecule has 0 spiro atoms. The number of nitrogens with zero attached hydrogens (tertiary/aromatic N) is 1. The highest BCUT2D eigenvalue weighted by molar-refractivity contribution is 6.74. The Balaban J connectivity index is 2.58. The Labute approximate surface area is 126 Å². The Morgan fingerprint density at radius 2 is 2.05 bits per heavy atom. The van der Waals surface area contributed by atoms with Crippen LogP contribution in [0.2, 0.25) is 18.1 Å². The highest BCUT2D eigenvalue weighted by Gasteiger charge is 2.39. The second-order valence-corrected chi connectivity index (χ2v) is 12.7. The first kappa shape index (κ1) is 17.9. The molecule has 118 valence electrons. The molecule has 1 saturated heterocycles. The summed E-state index contributed by atoms with van der Waals surface area (Å²) in [5.74, 6) is 0. The lowest BCUT2D eigenvalue weighted by molar-refractivity contribution is -0.141. The highest BCUT2D eigenvalue weighted by Crippen LogP contribution is 2.39. The first-order chi connectivity index (χ1) is 9.12. The molecule has 0 unspecified atom stereocenters. The van der Waals surface area contributed by atoms with Crippen molar-refractivity contribution in [3.8, 4) is 0 Å². The number of piperidine rings is 1. The van der Waals surface area contributed by atoms with Gasteiger partial charge in [0, 0.05) is 19.7 Å². The van der Waals surface area contributed by atoms with Crippen LogP contribution in [-0.2, 0) is 4.43 Å². The van der Waals surface area contributed by atoms with Crippen LogP contribution in [0.3, 0.4) is 0 Å². The third-order valence-corrected chi connectivity index (χ3v) is 9.66. The van der Waals surface area contributed by atoms with E-state index in [0.717, 1.165) is 45.4 Å². The van der Waals surface area contributed by atoms with Gasteiger partial charge in [0.05, 0.1) is 0 Å². The van der Waals surface area contributed by atoms with Crippen molar-refractivity contribution in [1.82, 2.24) is 5.06 Å². The molecular weight excluding hydrogens is 266 g/mol. The lowest BCUT2D eigenvalue weighted by Gasteiger charge is -2.42. The van der Waals surface area contributed by atoms with Gasteiger partial charge in [0.2, 0.25) is 0 Å². The number of hydrogen-bond donors (Lipinski definition) is 1. The van der Waals surface area contributed by atoms with Crippen molar-refractivity contribution in [1.29, 1.82) is 0 Å². The van der Waals surface area contributed by atoms with E-state index in [9.17, 15) is 5.21 Å². The summed E-state index contributed by atoms with van der Waals surface area (Å²) >= 11 is 0. The zero-order chi connectivity index (χ0) is 15.4. The van der Waals surface area contributed by atoms with Crippen molar-refractivity contribution in [2.75, 3.05) is 19.7 Å². The standard InChI is InChI=1S/C16H33NO2Si/c1-7-9-16(10-8-12-17(18)14-16)11-13-19-20(5,6)15(2,3)4/h7,18H,1,8-14H2,2-6H3/t16-/m1/s1. The third-order valence-electron chi connectivity index (χ3n) is 5.12. The molecule has 1 aliphatic heterocycles. The van der Waals surface area contributed by atoms with Crippen LogP contribution in [-0.4, -0.2) is 38.3 Å². The van der Waals surface area contributed by atoms with E-state index in [2.05, 4.69) is 40.4 Å². The van der Waals surface area contributed by atoms with E-state index >= 15 is 0 Å². The summed E-state index contributed by atoms with van der Waals surface area (Å²) in [5.41, 5.74) is 0.150. The maximum Gasteiger partial charge on any atom is 0.191 e. The normalized spacial score (nSPS) is 25.7. The van der Waals surface area contributed by atoms with Gasteiger partial charge in [0.25, 0.3) is 0 Å². The van der Waals surface area contributed by atoms with Crippen molar-refractivity contribution in [2.24, 2.45) is 5.41 Å². The van der Waals surface area contributed by atoms with E-state index in [-0.39, 0.29) is 10.5 Å². The molecule has 0 radical (unpaired) electrons. The second kappa shape index (κ2) is 6.73. The van der Waals surface area contributed by atoms with Gasteiger partial charge in [0.1, 0.15) is 0 Å². The molecule has 4 heteroatoms. The quantitative estimate of drug-likeness (QED) is 0.581. The van der Waals surface area contributed by atoms with E-state index in [0.29, 0.717) is 0 Å². The molecule has 1 N–H and O–H groups in total. The summed E-state index contributed by atoms with van der Waals surface area (Å²) in [7, 11) is -1.66. The molecule has 0 aromatic rings. The van der Waals surface area contributed by atoms with Crippen LogP contribution in [0.4, 0.5) is 0 Å². The van der Waals surface area contributed by atoms with Crippen molar-refractivity contribution in [2.45, 2.75) is 64.6 Å². The predicted molar refractivity (Wildman–Crippen MR) is 87.6 cm³/mol. The maximum absolute atomic E-state index is 9.83. The summed E-state index contributed by atoms with van der Waals surface area (Å²) in [6.07, 6.45) is 6.19.